The number of carbonyl (C=O) groups excluding carboxylic acids is 1. The maximum absolute atomic E-state index is 12.3. The molecule has 0 saturated carbocycles. The highest BCUT2D eigenvalue weighted by Crippen LogP contribution is 2.26. The molecule has 3 rings (SSSR count). The normalized spacial score (nSPS) is 16.7. The Hall–Kier alpha value is -1.77. The summed E-state index contributed by atoms with van der Waals surface area (Å²) in [6.45, 7) is 4.81. The molecule has 1 fully saturated rings. The van der Waals surface area contributed by atoms with Crippen LogP contribution in [0.3, 0.4) is 0 Å². The lowest BCUT2D eigenvalue weighted by molar-refractivity contribution is -0.136. The van der Waals surface area contributed by atoms with Crippen molar-refractivity contribution in [2.75, 3.05) is 39.9 Å². The average Bonchev–Trinajstić information content (AvgIpc) is 3.26. The van der Waals surface area contributed by atoms with E-state index in [4.69, 9.17) is 9.15 Å². The van der Waals surface area contributed by atoms with Gasteiger partial charge in [-0.3, -0.25) is 9.69 Å². The molecule has 0 radical (unpaired) electrons. The fraction of sp³-hybridized carbons (Fsp3) is 0.533. The van der Waals surface area contributed by atoms with E-state index in [-0.39, 0.29) is 11.9 Å². The lowest BCUT2D eigenvalue weighted by Gasteiger charge is -2.29. The van der Waals surface area contributed by atoms with E-state index in [9.17, 15) is 4.79 Å². The fourth-order valence-corrected chi connectivity index (χ4v) is 3.00. The van der Waals surface area contributed by atoms with Gasteiger partial charge in [0.1, 0.15) is 0 Å². The number of aromatic nitrogens is 2. The van der Waals surface area contributed by atoms with Gasteiger partial charge in [-0.25, -0.2) is 0 Å². The molecule has 2 aromatic heterocycles. The number of ether oxygens (including phenoxy) is 1. The van der Waals surface area contributed by atoms with E-state index in [0.29, 0.717) is 44.6 Å². The largest absolute Gasteiger partial charge is 0.418 e. The third-order valence-corrected chi connectivity index (χ3v) is 4.80. The van der Waals surface area contributed by atoms with Gasteiger partial charge in [0, 0.05) is 13.1 Å². The maximum atomic E-state index is 12.3. The van der Waals surface area contributed by atoms with Crippen molar-refractivity contribution >= 4 is 17.2 Å². The number of carbonyl (C=O) groups is 1. The first-order valence-electron chi connectivity index (χ1n) is 7.58. The minimum absolute atomic E-state index is 0.0978. The molecule has 0 aliphatic carbocycles. The molecule has 8 heteroatoms. The molecule has 124 valence electrons. The molecule has 0 aromatic carbocycles. The Balaban J connectivity index is 1.60. The summed E-state index contributed by atoms with van der Waals surface area (Å²) in [4.78, 5) is 17.0. The molecule has 3 heterocycles. The molecule has 0 bridgehead atoms. The molecular formula is C15H20N4O3S. The van der Waals surface area contributed by atoms with E-state index < -0.39 is 0 Å². The van der Waals surface area contributed by atoms with Crippen molar-refractivity contribution in [1.82, 2.24) is 20.0 Å². The smallest absolute Gasteiger partial charge is 0.257 e. The molecule has 2 aromatic rings. The highest BCUT2D eigenvalue weighted by atomic mass is 32.1. The number of likely N-dealkylation sites (N-methyl/N-ethyl adjacent to an activating group) is 1. The molecule has 1 amide bonds. The van der Waals surface area contributed by atoms with Gasteiger partial charge < -0.3 is 14.1 Å². The zero-order valence-corrected chi connectivity index (χ0v) is 14.1. The number of morpholine rings is 1. The first-order valence-corrected chi connectivity index (χ1v) is 8.46. The Labute approximate surface area is 138 Å². The standard InChI is InChI=1S/C15H20N4O3S/c1-11(14-16-17-15(22-14)12-4-3-9-23-12)18(2)10-13(20)19-5-7-21-8-6-19/h3-4,9,11H,5-8,10H2,1-2H3/t11-/m1/s1. The van der Waals surface area contributed by atoms with Crippen LogP contribution in [-0.2, 0) is 9.53 Å². The molecule has 23 heavy (non-hydrogen) atoms. The van der Waals surface area contributed by atoms with Crippen LogP contribution in [-0.4, -0.2) is 65.8 Å². The predicted octanol–water partition coefficient (Wildman–Crippen LogP) is 1.65. The van der Waals surface area contributed by atoms with Crippen molar-refractivity contribution in [1.29, 1.82) is 0 Å². The summed E-state index contributed by atoms with van der Waals surface area (Å²) in [6, 6.07) is 3.76. The van der Waals surface area contributed by atoms with Gasteiger partial charge in [-0.15, -0.1) is 21.5 Å². The van der Waals surface area contributed by atoms with Gasteiger partial charge >= 0.3 is 0 Å². The second-order valence-corrected chi connectivity index (χ2v) is 6.45. The summed E-state index contributed by atoms with van der Waals surface area (Å²) in [6.07, 6.45) is 0. The van der Waals surface area contributed by atoms with Gasteiger partial charge in [-0.2, -0.15) is 0 Å². The van der Waals surface area contributed by atoms with Gasteiger partial charge in [0.25, 0.3) is 5.89 Å². The minimum Gasteiger partial charge on any atom is -0.418 e. The SMILES string of the molecule is C[C@H](c1nnc(-c2cccs2)o1)N(C)CC(=O)N1CCOCC1. The number of rotatable bonds is 5. The van der Waals surface area contributed by atoms with Gasteiger partial charge in [0.2, 0.25) is 11.8 Å². The van der Waals surface area contributed by atoms with E-state index in [1.54, 1.807) is 11.3 Å². The minimum atomic E-state index is -0.124. The van der Waals surface area contributed by atoms with Crippen LogP contribution in [0.4, 0.5) is 0 Å². The Morgan fingerprint density at radius 1 is 1.43 bits per heavy atom. The van der Waals surface area contributed by atoms with Crippen LogP contribution in [0.2, 0.25) is 0 Å². The Morgan fingerprint density at radius 2 is 2.22 bits per heavy atom. The summed E-state index contributed by atoms with van der Waals surface area (Å²) in [5.74, 6) is 1.14. The molecular weight excluding hydrogens is 316 g/mol. The molecule has 1 aliphatic rings. The quantitative estimate of drug-likeness (QED) is 0.827. The first kappa shape index (κ1) is 16.1. The van der Waals surface area contributed by atoms with Crippen LogP contribution in [0.5, 0.6) is 0 Å². The van der Waals surface area contributed by atoms with E-state index in [0.717, 1.165) is 4.88 Å². The third-order valence-electron chi connectivity index (χ3n) is 3.94. The van der Waals surface area contributed by atoms with Crippen LogP contribution in [0.1, 0.15) is 18.9 Å². The Morgan fingerprint density at radius 3 is 2.91 bits per heavy atom. The number of nitrogens with zero attached hydrogens (tertiary/aromatic N) is 4. The zero-order valence-electron chi connectivity index (χ0n) is 13.3. The average molecular weight is 336 g/mol. The van der Waals surface area contributed by atoms with Gasteiger partial charge in [0.15, 0.2) is 0 Å². The molecule has 0 N–H and O–H groups in total. The van der Waals surface area contributed by atoms with Gasteiger partial charge in [-0.05, 0) is 25.4 Å². The van der Waals surface area contributed by atoms with E-state index in [2.05, 4.69) is 10.2 Å². The van der Waals surface area contributed by atoms with Crippen LogP contribution >= 0.6 is 11.3 Å². The van der Waals surface area contributed by atoms with Crippen LogP contribution in [0, 0.1) is 0 Å². The van der Waals surface area contributed by atoms with Crippen molar-refractivity contribution < 1.29 is 13.9 Å². The van der Waals surface area contributed by atoms with Crippen molar-refractivity contribution in [2.45, 2.75) is 13.0 Å². The van der Waals surface area contributed by atoms with Crippen molar-refractivity contribution in [3.8, 4) is 10.8 Å². The Kier molecular flexibility index (Phi) is 5.04. The topological polar surface area (TPSA) is 71.7 Å². The summed E-state index contributed by atoms with van der Waals surface area (Å²) in [5.41, 5.74) is 0. The summed E-state index contributed by atoms with van der Waals surface area (Å²) < 4.78 is 11.0. The lowest BCUT2D eigenvalue weighted by Crippen LogP contribution is -2.45. The Bertz CT molecular complexity index is 637. The monoisotopic (exact) mass is 336 g/mol. The van der Waals surface area contributed by atoms with Gasteiger partial charge in [0.05, 0.1) is 30.7 Å². The molecule has 7 nitrogen and oxygen atoms in total. The van der Waals surface area contributed by atoms with E-state index in [1.165, 1.54) is 0 Å². The van der Waals surface area contributed by atoms with Crippen molar-refractivity contribution in [2.24, 2.45) is 0 Å². The summed E-state index contributed by atoms with van der Waals surface area (Å²) >= 11 is 1.56. The third kappa shape index (κ3) is 3.77. The number of amides is 1. The number of thiophene rings is 1. The number of hydrogen-bond acceptors (Lipinski definition) is 7. The van der Waals surface area contributed by atoms with E-state index >= 15 is 0 Å². The van der Waals surface area contributed by atoms with E-state index in [1.807, 2.05) is 41.3 Å². The van der Waals surface area contributed by atoms with Crippen molar-refractivity contribution in [3.05, 3.63) is 23.4 Å². The lowest BCUT2D eigenvalue weighted by atomic mass is 10.3. The highest BCUT2D eigenvalue weighted by molar-refractivity contribution is 7.13. The van der Waals surface area contributed by atoms with Gasteiger partial charge in [-0.1, -0.05) is 6.07 Å². The highest BCUT2D eigenvalue weighted by Gasteiger charge is 2.24. The predicted molar refractivity (Wildman–Crippen MR) is 86.1 cm³/mol. The number of hydrogen-bond donors (Lipinski definition) is 0. The van der Waals surface area contributed by atoms with Crippen LogP contribution in [0.15, 0.2) is 21.9 Å². The zero-order chi connectivity index (χ0) is 16.2. The molecule has 1 atom stereocenters. The molecule has 0 spiro atoms. The second kappa shape index (κ2) is 7.20. The first-order chi connectivity index (χ1) is 11.1. The van der Waals surface area contributed by atoms with Crippen LogP contribution in [0.25, 0.3) is 10.8 Å². The summed E-state index contributed by atoms with van der Waals surface area (Å²) in [7, 11) is 1.89. The fourth-order valence-electron chi connectivity index (χ4n) is 2.35. The van der Waals surface area contributed by atoms with Crippen LogP contribution < -0.4 is 0 Å². The molecule has 1 saturated heterocycles. The molecule has 0 unspecified atom stereocenters. The second-order valence-electron chi connectivity index (χ2n) is 5.51. The van der Waals surface area contributed by atoms with Crippen molar-refractivity contribution in [3.63, 3.8) is 0 Å². The summed E-state index contributed by atoms with van der Waals surface area (Å²) in [5, 5.41) is 10.2. The molecule has 1 aliphatic heterocycles. The maximum Gasteiger partial charge on any atom is 0.257 e.